The van der Waals surface area contributed by atoms with Gasteiger partial charge in [-0.1, -0.05) is 35.3 Å². The number of nitrogens with zero attached hydrogens (tertiary/aromatic N) is 2. The molecule has 34 heavy (non-hydrogen) atoms. The minimum atomic E-state index is -1.08. The molecule has 0 saturated carbocycles. The number of nitrogens with one attached hydrogen (secondary N) is 1. The summed E-state index contributed by atoms with van der Waals surface area (Å²) in [5.41, 5.74) is 1.26. The van der Waals surface area contributed by atoms with E-state index in [0.29, 0.717) is 16.8 Å². The van der Waals surface area contributed by atoms with E-state index in [1.807, 2.05) is 12.1 Å². The maximum atomic E-state index is 13.2. The van der Waals surface area contributed by atoms with Gasteiger partial charge in [0.25, 0.3) is 5.78 Å². The number of anilines is 1. The van der Waals surface area contributed by atoms with Gasteiger partial charge in [-0.05, 0) is 43.3 Å². The number of aryl methyl sites for hydroxylation is 1. The fraction of sp³-hybridized carbons (Fsp3) is 0.125. The normalized spacial score (nSPS) is 17.6. The maximum Gasteiger partial charge on any atom is 0.302 e. The number of Topliss-reactive ketones (excluding diaryl/α,β-unsaturated/α-hetero) is 1. The molecule has 172 valence electrons. The lowest BCUT2D eigenvalue weighted by atomic mass is 9.99. The first-order chi connectivity index (χ1) is 16.3. The molecule has 2 N–H and O–H groups in total. The molecule has 1 amide bonds. The Morgan fingerprint density at radius 1 is 1.15 bits per heavy atom. The number of hydrogen-bond donors (Lipinski definition) is 2. The Kier molecular flexibility index (Phi) is 5.34. The van der Waals surface area contributed by atoms with Crippen LogP contribution in [0.1, 0.15) is 23.1 Å². The summed E-state index contributed by atoms with van der Waals surface area (Å²) in [6.45, 7) is 1.74. The molecule has 10 heteroatoms. The molecule has 3 heterocycles. The molecule has 1 saturated heterocycles. The minimum absolute atomic E-state index is 0.133. The monoisotopic (exact) mass is 497 g/mol. The van der Waals surface area contributed by atoms with E-state index < -0.39 is 23.5 Å². The number of carbonyl (C=O) groups excluding carboxylic acids is 2. The number of H-pyrrole nitrogens is 1. The summed E-state index contributed by atoms with van der Waals surface area (Å²) in [6, 6.07) is 12.3. The van der Waals surface area contributed by atoms with Gasteiger partial charge in [-0.25, -0.2) is 4.98 Å². The lowest BCUT2D eigenvalue weighted by Crippen LogP contribution is -2.30. The van der Waals surface area contributed by atoms with Gasteiger partial charge in [0.1, 0.15) is 23.3 Å². The van der Waals surface area contributed by atoms with Crippen LogP contribution in [0.5, 0.6) is 5.75 Å². The largest absolute Gasteiger partial charge is 0.507 e. The van der Waals surface area contributed by atoms with E-state index in [-0.39, 0.29) is 38.6 Å². The van der Waals surface area contributed by atoms with E-state index in [1.165, 1.54) is 24.1 Å². The van der Waals surface area contributed by atoms with Crippen LogP contribution in [0.2, 0.25) is 10.0 Å². The number of para-hydroxylation sites is 2. The summed E-state index contributed by atoms with van der Waals surface area (Å²) in [7, 11) is 1.41. The van der Waals surface area contributed by atoms with Gasteiger partial charge in [0.15, 0.2) is 5.75 Å². The fourth-order valence-corrected chi connectivity index (χ4v) is 4.66. The molecule has 0 radical (unpaired) electrons. The second kappa shape index (κ2) is 8.23. The van der Waals surface area contributed by atoms with E-state index in [2.05, 4.69) is 9.97 Å². The average molecular weight is 498 g/mol. The van der Waals surface area contributed by atoms with Crippen molar-refractivity contribution < 1.29 is 23.8 Å². The van der Waals surface area contributed by atoms with Crippen molar-refractivity contribution in [3.05, 3.63) is 81.2 Å². The van der Waals surface area contributed by atoms with Gasteiger partial charge in [-0.3, -0.25) is 14.5 Å². The predicted molar refractivity (Wildman–Crippen MR) is 127 cm³/mol. The third-order valence-corrected chi connectivity index (χ3v) is 6.12. The highest BCUT2D eigenvalue weighted by Crippen LogP contribution is 2.43. The van der Waals surface area contributed by atoms with E-state index in [4.69, 9.17) is 32.4 Å². The summed E-state index contributed by atoms with van der Waals surface area (Å²) < 4.78 is 10.9. The van der Waals surface area contributed by atoms with Gasteiger partial charge in [0.2, 0.25) is 5.95 Å². The molecule has 1 fully saturated rings. The number of aromatic amines is 1. The highest BCUT2D eigenvalue weighted by Gasteiger charge is 2.49. The first-order valence-corrected chi connectivity index (χ1v) is 10.9. The Morgan fingerprint density at radius 2 is 1.85 bits per heavy atom. The number of methoxy groups -OCH3 is 1. The van der Waals surface area contributed by atoms with Gasteiger partial charge in [-0.15, -0.1) is 0 Å². The molecule has 5 rings (SSSR count). The Labute approximate surface area is 203 Å². The average Bonchev–Trinajstić information content (AvgIpc) is 3.49. The molecule has 1 atom stereocenters. The van der Waals surface area contributed by atoms with Crippen molar-refractivity contribution in [3.8, 4) is 5.75 Å². The summed E-state index contributed by atoms with van der Waals surface area (Å²) in [4.78, 5) is 35.1. The number of furan rings is 1. The van der Waals surface area contributed by atoms with Gasteiger partial charge in [0.05, 0.1) is 33.8 Å². The Balaban J connectivity index is 1.73. The summed E-state index contributed by atoms with van der Waals surface area (Å²) >= 11 is 12.5. The van der Waals surface area contributed by atoms with Gasteiger partial charge in [-0.2, -0.15) is 0 Å². The van der Waals surface area contributed by atoms with Crippen molar-refractivity contribution in [1.29, 1.82) is 0 Å². The molecule has 0 bridgehead atoms. The SMILES string of the molecule is COc1c(Cl)cc(/C(O)=C2\C(=O)C(=O)N(c3nc4ccccc4[nH]3)C2c2ccc(C)o2)cc1Cl. The highest BCUT2D eigenvalue weighted by molar-refractivity contribution is 6.51. The number of carbonyl (C=O) groups is 2. The number of aromatic nitrogens is 2. The first-order valence-electron chi connectivity index (χ1n) is 10.2. The van der Waals surface area contributed by atoms with Crippen molar-refractivity contribution in [3.63, 3.8) is 0 Å². The fourth-order valence-electron chi connectivity index (χ4n) is 4.02. The number of hydrogen-bond acceptors (Lipinski definition) is 6. The summed E-state index contributed by atoms with van der Waals surface area (Å²) in [5, 5.41) is 11.5. The molecule has 1 unspecified atom stereocenters. The van der Waals surface area contributed by atoms with Crippen molar-refractivity contribution in [2.75, 3.05) is 12.0 Å². The maximum absolute atomic E-state index is 13.2. The zero-order valence-corrected chi connectivity index (χ0v) is 19.4. The molecule has 1 aliphatic rings. The number of benzene rings is 2. The molecular formula is C24H17Cl2N3O5. The number of aliphatic hydroxyl groups is 1. The van der Waals surface area contributed by atoms with E-state index in [1.54, 1.807) is 31.2 Å². The summed E-state index contributed by atoms with van der Waals surface area (Å²) in [6.07, 6.45) is 0. The number of halogens is 2. The third kappa shape index (κ3) is 3.43. The number of ether oxygens (including phenoxy) is 1. The molecular weight excluding hydrogens is 481 g/mol. The van der Waals surface area contributed by atoms with Crippen LogP contribution in [-0.2, 0) is 9.59 Å². The topological polar surface area (TPSA) is 109 Å². The van der Waals surface area contributed by atoms with Crippen LogP contribution in [0.15, 0.2) is 58.5 Å². The lowest BCUT2D eigenvalue weighted by molar-refractivity contribution is -0.132. The van der Waals surface area contributed by atoms with Crippen molar-refractivity contribution in [2.24, 2.45) is 0 Å². The zero-order valence-electron chi connectivity index (χ0n) is 17.9. The molecule has 2 aromatic carbocycles. The van der Waals surface area contributed by atoms with Crippen LogP contribution >= 0.6 is 23.2 Å². The minimum Gasteiger partial charge on any atom is -0.507 e. The summed E-state index contributed by atoms with van der Waals surface area (Å²) in [5.74, 6) is -1.01. The van der Waals surface area contributed by atoms with E-state index >= 15 is 0 Å². The van der Waals surface area contributed by atoms with Crippen molar-refractivity contribution in [2.45, 2.75) is 13.0 Å². The van der Waals surface area contributed by atoms with Crippen LogP contribution in [0, 0.1) is 6.92 Å². The first kappa shape index (κ1) is 22.1. The van der Waals surface area contributed by atoms with Crippen LogP contribution < -0.4 is 9.64 Å². The van der Waals surface area contributed by atoms with Gasteiger partial charge < -0.3 is 19.2 Å². The Morgan fingerprint density at radius 3 is 2.47 bits per heavy atom. The number of aliphatic hydroxyl groups excluding tert-OH is 1. The number of rotatable bonds is 4. The second-order valence-corrected chi connectivity index (χ2v) is 8.48. The number of fused-ring (bicyclic) bond motifs is 1. The molecule has 0 spiro atoms. The van der Waals surface area contributed by atoms with Gasteiger partial charge >= 0.3 is 5.91 Å². The van der Waals surface area contributed by atoms with Crippen molar-refractivity contribution >= 4 is 57.6 Å². The second-order valence-electron chi connectivity index (χ2n) is 7.67. The number of ketones is 1. The quantitative estimate of drug-likeness (QED) is 0.221. The van der Waals surface area contributed by atoms with E-state index in [9.17, 15) is 14.7 Å². The molecule has 0 aliphatic carbocycles. The zero-order chi connectivity index (χ0) is 24.1. The number of amides is 1. The van der Waals surface area contributed by atoms with Crippen LogP contribution in [-0.4, -0.2) is 33.9 Å². The Hall–Kier alpha value is -3.75. The number of imidazole rings is 1. The van der Waals surface area contributed by atoms with Crippen LogP contribution in [0.3, 0.4) is 0 Å². The Bertz CT molecular complexity index is 1450. The third-order valence-electron chi connectivity index (χ3n) is 5.56. The highest BCUT2D eigenvalue weighted by atomic mass is 35.5. The van der Waals surface area contributed by atoms with Crippen LogP contribution in [0.25, 0.3) is 16.8 Å². The van der Waals surface area contributed by atoms with Gasteiger partial charge in [0, 0.05) is 5.56 Å². The molecule has 2 aromatic heterocycles. The predicted octanol–water partition coefficient (Wildman–Crippen LogP) is 5.41. The standard InChI is InChI=1S/C24H17Cl2N3O5/c1-11-7-8-17(34-11)19-18(20(30)12-9-13(25)22(33-2)14(26)10-12)21(31)23(32)29(19)24-27-15-5-3-4-6-16(15)28-24/h3-10,19,30H,1-2H3,(H,27,28)/b20-18+. The van der Waals surface area contributed by atoms with Crippen LogP contribution in [0.4, 0.5) is 5.95 Å². The molecule has 4 aromatic rings. The van der Waals surface area contributed by atoms with Crippen molar-refractivity contribution in [1.82, 2.24) is 9.97 Å². The molecule has 8 nitrogen and oxygen atoms in total. The smallest absolute Gasteiger partial charge is 0.302 e. The van der Waals surface area contributed by atoms with E-state index in [0.717, 1.165) is 0 Å². The lowest BCUT2D eigenvalue weighted by Gasteiger charge is -2.20. The molecule has 1 aliphatic heterocycles.